The van der Waals surface area contributed by atoms with Gasteiger partial charge in [-0.3, -0.25) is 9.59 Å². The zero-order valence-electron chi connectivity index (χ0n) is 14.3. The highest BCUT2D eigenvalue weighted by molar-refractivity contribution is 6.39. The van der Waals surface area contributed by atoms with E-state index in [4.69, 9.17) is 4.74 Å². The number of carbonyl (C=O) groups is 2. The van der Waals surface area contributed by atoms with E-state index in [9.17, 15) is 14.0 Å². The van der Waals surface area contributed by atoms with Gasteiger partial charge in [0.1, 0.15) is 5.82 Å². The zero-order valence-corrected chi connectivity index (χ0v) is 14.3. The molecule has 1 fully saturated rings. The van der Waals surface area contributed by atoms with Crippen LogP contribution in [0.15, 0.2) is 54.6 Å². The first-order valence-corrected chi connectivity index (χ1v) is 8.57. The van der Waals surface area contributed by atoms with Crippen LogP contribution in [0.3, 0.4) is 0 Å². The summed E-state index contributed by atoms with van der Waals surface area (Å²) in [5.41, 5.74) is 1.11. The maximum Gasteiger partial charge on any atom is 0.313 e. The Morgan fingerprint density at radius 1 is 1.00 bits per heavy atom. The van der Waals surface area contributed by atoms with Gasteiger partial charge in [0.05, 0.1) is 0 Å². The molecule has 3 rings (SSSR count). The maximum atomic E-state index is 13.2. The lowest BCUT2D eigenvalue weighted by atomic mass is 9.74. The summed E-state index contributed by atoms with van der Waals surface area (Å²) in [6.07, 6.45) is 1.53. The highest BCUT2D eigenvalue weighted by Crippen LogP contribution is 2.34. The van der Waals surface area contributed by atoms with Crippen molar-refractivity contribution >= 4 is 17.5 Å². The summed E-state index contributed by atoms with van der Waals surface area (Å²) < 4.78 is 18.6. The molecule has 0 radical (unpaired) electrons. The summed E-state index contributed by atoms with van der Waals surface area (Å²) in [5.74, 6) is -2.03. The molecule has 2 aromatic carbocycles. The highest BCUT2D eigenvalue weighted by Gasteiger charge is 2.35. The van der Waals surface area contributed by atoms with Crippen LogP contribution in [0.1, 0.15) is 18.4 Å². The first-order chi connectivity index (χ1) is 12.6. The van der Waals surface area contributed by atoms with Crippen LogP contribution in [0, 0.1) is 5.82 Å². The Balaban J connectivity index is 1.65. The molecule has 1 heterocycles. The van der Waals surface area contributed by atoms with Crippen LogP contribution in [0.25, 0.3) is 0 Å². The van der Waals surface area contributed by atoms with E-state index < -0.39 is 17.6 Å². The standard InChI is InChI=1S/C20H21FN2O3/c21-16-7-4-8-17(13-16)23-19(25)18(24)22-14-20(9-11-26-12-10-20)15-5-2-1-3-6-15/h1-8,13H,9-12,14H2,(H,22,24)(H,23,25). The molecular formula is C20H21FN2O3. The minimum Gasteiger partial charge on any atom is -0.381 e. The van der Waals surface area contributed by atoms with E-state index in [1.165, 1.54) is 18.2 Å². The Labute approximate surface area is 151 Å². The van der Waals surface area contributed by atoms with Crippen molar-refractivity contribution in [1.82, 2.24) is 5.32 Å². The Bertz CT molecular complexity index is 774. The van der Waals surface area contributed by atoms with E-state index in [1.54, 1.807) is 0 Å². The smallest absolute Gasteiger partial charge is 0.313 e. The second-order valence-corrected chi connectivity index (χ2v) is 6.41. The molecule has 0 spiro atoms. The Morgan fingerprint density at radius 2 is 1.73 bits per heavy atom. The fraction of sp³-hybridized carbons (Fsp3) is 0.300. The molecule has 5 nitrogen and oxygen atoms in total. The number of ether oxygens (including phenoxy) is 1. The Hall–Kier alpha value is -2.73. The topological polar surface area (TPSA) is 67.4 Å². The molecule has 0 atom stereocenters. The van der Waals surface area contributed by atoms with Crippen molar-refractivity contribution in [1.29, 1.82) is 0 Å². The lowest BCUT2D eigenvalue weighted by molar-refractivity contribution is -0.136. The van der Waals surface area contributed by atoms with Crippen LogP contribution < -0.4 is 10.6 Å². The van der Waals surface area contributed by atoms with E-state index in [0.29, 0.717) is 19.8 Å². The average Bonchev–Trinajstić information content (AvgIpc) is 2.67. The van der Waals surface area contributed by atoms with Gasteiger partial charge >= 0.3 is 11.8 Å². The Morgan fingerprint density at radius 3 is 2.42 bits per heavy atom. The molecule has 0 saturated carbocycles. The minimum atomic E-state index is -0.814. The van der Waals surface area contributed by atoms with Crippen LogP contribution in [-0.2, 0) is 19.7 Å². The first-order valence-electron chi connectivity index (χ1n) is 8.57. The molecule has 0 aliphatic carbocycles. The SMILES string of the molecule is O=C(NCC1(c2ccccc2)CCOCC1)C(=O)Nc1cccc(F)c1. The number of hydrogen-bond donors (Lipinski definition) is 2. The molecule has 1 saturated heterocycles. The molecule has 136 valence electrons. The number of benzene rings is 2. The van der Waals surface area contributed by atoms with Crippen molar-refractivity contribution in [2.24, 2.45) is 0 Å². The summed E-state index contributed by atoms with van der Waals surface area (Å²) in [4.78, 5) is 24.3. The van der Waals surface area contributed by atoms with Crippen LogP contribution in [0.2, 0.25) is 0 Å². The number of carbonyl (C=O) groups excluding carboxylic acids is 2. The molecule has 26 heavy (non-hydrogen) atoms. The molecule has 0 unspecified atom stereocenters. The predicted molar refractivity (Wildman–Crippen MR) is 96.2 cm³/mol. The van der Waals surface area contributed by atoms with Crippen molar-refractivity contribution in [2.45, 2.75) is 18.3 Å². The van der Waals surface area contributed by atoms with Crippen molar-refractivity contribution in [3.05, 3.63) is 66.0 Å². The molecule has 1 aliphatic rings. The van der Waals surface area contributed by atoms with Crippen LogP contribution in [-0.4, -0.2) is 31.6 Å². The number of rotatable bonds is 4. The third-order valence-electron chi connectivity index (χ3n) is 4.71. The van der Waals surface area contributed by atoms with Gasteiger partial charge in [0.25, 0.3) is 0 Å². The normalized spacial score (nSPS) is 15.9. The third kappa shape index (κ3) is 4.26. The molecule has 2 amide bonds. The van der Waals surface area contributed by atoms with Gasteiger partial charge in [-0.1, -0.05) is 36.4 Å². The number of anilines is 1. The van der Waals surface area contributed by atoms with Crippen molar-refractivity contribution < 1.29 is 18.7 Å². The summed E-state index contributed by atoms with van der Waals surface area (Å²) >= 11 is 0. The van der Waals surface area contributed by atoms with Gasteiger partial charge in [-0.15, -0.1) is 0 Å². The van der Waals surface area contributed by atoms with E-state index in [0.717, 1.165) is 24.5 Å². The minimum absolute atomic E-state index is 0.244. The monoisotopic (exact) mass is 356 g/mol. The van der Waals surface area contributed by atoms with Gasteiger partial charge in [0.15, 0.2) is 0 Å². The van der Waals surface area contributed by atoms with Gasteiger partial charge < -0.3 is 15.4 Å². The summed E-state index contributed by atoms with van der Waals surface area (Å²) in [6.45, 7) is 1.57. The second-order valence-electron chi connectivity index (χ2n) is 6.41. The fourth-order valence-corrected chi connectivity index (χ4v) is 3.21. The van der Waals surface area contributed by atoms with E-state index in [-0.39, 0.29) is 11.1 Å². The average molecular weight is 356 g/mol. The summed E-state index contributed by atoms with van der Waals surface area (Å²) in [7, 11) is 0. The number of amides is 2. The number of hydrogen-bond acceptors (Lipinski definition) is 3. The number of nitrogens with one attached hydrogen (secondary N) is 2. The molecular weight excluding hydrogens is 335 g/mol. The molecule has 6 heteroatoms. The van der Waals surface area contributed by atoms with Gasteiger partial charge in [0.2, 0.25) is 0 Å². The third-order valence-corrected chi connectivity index (χ3v) is 4.71. The van der Waals surface area contributed by atoms with E-state index in [1.807, 2.05) is 30.3 Å². The molecule has 2 aromatic rings. The fourth-order valence-electron chi connectivity index (χ4n) is 3.21. The molecule has 1 aliphatic heterocycles. The van der Waals surface area contributed by atoms with Crippen molar-refractivity contribution in [2.75, 3.05) is 25.1 Å². The highest BCUT2D eigenvalue weighted by atomic mass is 19.1. The van der Waals surface area contributed by atoms with Crippen molar-refractivity contribution in [3.63, 3.8) is 0 Å². The maximum absolute atomic E-state index is 13.2. The molecule has 0 aromatic heterocycles. The second kappa shape index (κ2) is 8.10. The first kappa shape index (κ1) is 18.1. The Kier molecular flexibility index (Phi) is 5.63. The zero-order chi connectivity index (χ0) is 18.4. The number of halogens is 1. The lowest BCUT2D eigenvalue weighted by Gasteiger charge is -2.37. The van der Waals surface area contributed by atoms with E-state index in [2.05, 4.69) is 10.6 Å². The largest absolute Gasteiger partial charge is 0.381 e. The van der Waals surface area contributed by atoms with Crippen molar-refractivity contribution in [3.8, 4) is 0 Å². The van der Waals surface area contributed by atoms with Gasteiger partial charge in [-0.2, -0.15) is 0 Å². The molecule has 2 N–H and O–H groups in total. The van der Waals surface area contributed by atoms with Crippen LogP contribution in [0.5, 0.6) is 0 Å². The van der Waals surface area contributed by atoms with E-state index >= 15 is 0 Å². The van der Waals surface area contributed by atoms with Gasteiger partial charge in [-0.25, -0.2) is 4.39 Å². The van der Waals surface area contributed by atoms with Crippen LogP contribution in [0.4, 0.5) is 10.1 Å². The molecule has 0 bridgehead atoms. The summed E-state index contributed by atoms with van der Waals surface area (Å²) in [5, 5.41) is 5.13. The quantitative estimate of drug-likeness (QED) is 0.828. The predicted octanol–water partition coefficient (Wildman–Crippen LogP) is 2.63. The lowest BCUT2D eigenvalue weighted by Crippen LogP contribution is -2.47. The summed E-state index contributed by atoms with van der Waals surface area (Å²) in [6, 6.07) is 15.4. The van der Waals surface area contributed by atoms with Gasteiger partial charge in [-0.05, 0) is 36.6 Å². The van der Waals surface area contributed by atoms with Crippen LogP contribution >= 0.6 is 0 Å². The van der Waals surface area contributed by atoms with Gasteiger partial charge in [0, 0.05) is 30.9 Å².